The van der Waals surface area contributed by atoms with Gasteiger partial charge in [-0.3, -0.25) is 0 Å². The summed E-state index contributed by atoms with van der Waals surface area (Å²) in [4.78, 5) is 0. The van der Waals surface area contributed by atoms with Gasteiger partial charge < -0.3 is 19.9 Å². The smallest absolute Gasteiger partial charge is 0.231 e. The molecule has 0 aromatic heterocycles. The van der Waals surface area contributed by atoms with Crippen LogP contribution in [0.1, 0.15) is 37.9 Å². The van der Waals surface area contributed by atoms with Gasteiger partial charge in [0.15, 0.2) is 11.5 Å². The Morgan fingerprint density at radius 1 is 1.33 bits per heavy atom. The molecule has 3 atom stereocenters. The van der Waals surface area contributed by atoms with E-state index in [0.717, 1.165) is 22.3 Å². The summed E-state index contributed by atoms with van der Waals surface area (Å²) < 4.78 is 10.6. The average Bonchev–Trinajstić information content (AvgIpc) is 3.13. The van der Waals surface area contributed by atoms with Crippen molar-refractivity contribution in [3.8, 4) is 11.5 Å². The fourth-order valence-corrected chi connectivity index (χ4v) is 4.17. The maximum absolute atomic E-state index is 10.3. The third-order valence-corrected chi connectivity index (χ3v) is 5.40. The Balaban J connectivity index is 1.49. The van der Waals surface area contributed by atoms with Crippen LogP contribution in [-0.2, 0) is 0 Å². The molecule has 1 saturated carbocycles. The van der Waals surface area contributed by atoms with Gasteiger partial charge in [-0.1, -0.05) is 13.0 Å². The van der Waals surface area contributed by atoms with E-state index < -0.39 is 6.10 Å². The minimum absolute atomic E-state index is 0.270. The average molecular weight is 309 g/mol. The largest absolute Gasteiger partial charge is 0.454 e. The molecule has 1 aromatic carbocycles. The second-order valence-corrected chi connectivity index (χ2v) is 7.20. The van der Waals surface area contributed by atoms with Crippen molar-refractivity contribution in [2.45, 2.75) is 43.6 Å². The normalized spacial score (nSPS) is 25.2. The quantitative estimate of drug-likeness (QED) is 0.846. The van der Waals surface area contributed by atoms with E-state index in [4.69, 9.17) is 9.47 Å². The Hall–Kier alpha value is -0.910. The first-order valence-corrected chi connectivity index (χ1v) is 8.73. The fraction of sp³-hybridized carbons (Fsp3) is 0.625. The molecule has 1 fully saturated rings. The van der Waals surface area contributed by atoms with Gasteiger partial charge in [0.1, 0.15) is 0 Å². The topological polar surface area (TPSA) is 50.7 Å². The third-order valence-electron chi connectivity index (χ3n) is 4.17. The van der Waals surface area contributed by atoms with Crippen molar-refractivity contribution in [3.63, 3.8) is 0 Å². The Labute approximate surface area is 130 Å². The molecule has 1 aromatic rings. The van der Waals surface area contributed by atoms with Crippen molar-refractivity contribution < 1.29 is 14.6 Å². The molecular weight excluding hydrogens is 286 g/mol. The maximum Gasteiger partial charge on any atom is 0.231 e. The molecule has 4 nitrogen and oxygen atoms in total. The molecule has 1 aliphatic carbocycles. The molecule has 2 aliphatic rings. The highest BCUT2D eigenvalue weighted by Crippen LogP contribution is 2.34. The molecule has 116 valence electrons. The first-order chi connectivity index (χ1) is 10.3. The van der Waals surface area contributed by atoms with Crippen molar-refractivity contribution >= 4 is 11.8 Å². The summed E-state index contributed by atoms with van der Waals surface area (Å²) in [6.45, 7) is 3.08. The second-order valence-electron chi connectivity index (χ2n) is 5.62. The van der Waals surface area contributed by atoms with Gasteiger partial charge >= 0.3 is 0 Å². The first kappa shape index (κ1) is 15.0. The van der Waals surface area contributed by atoms with E-state index >= 15 is 0 Å². The van der Waals surface area contributed by atoms with Crippen LogP contribution in [-0.4, -0.2) is 35.5 Å². The molecule has 5 heteroatoms. The predicted octanol–water partition coefficient (Wildman–Crippen LogP) is 2.71. The Morgan fingerprint density at radius 3 is 3.05 bits per heavy atom. The zero-order chi connectivity index (χ0) is 14.7. The van der Waals surface area contributed by atoms with Gasteiger partial charge in [-0.05, 0) is 42.7 Å². The summed E-state index contributed by atoms with van der Waals surface area (Å²) in [6, 6.07) is 6.19. The van der Waals surface area contributed by atoms with E-state index in [1.807, 2.05) is 18.2 Å². The summed E-state index contributed by atoms with van der Waals surface area (Å²) in [7, 11) is 0. The number of nitrogens with one attached hydrogen (secondary N) is 1. The number of aliphatic hydroxyl groups excluding tert-OH is 1. The van der Waals surface area contributed by atoms with Crippen LogP contribution in [0.4, 0.5) is 0 Å². The fourth-order valence-electron chi connectivity index (χ4n) is 3.03. The van der Waals surface area contributed by atoms with E-state index in [2.05, 4.69) is 24.0 Å². The highest BCUT2D eigenvalue weighted by molar-refractivity contribution is 7.99. The number of hydrogen-bond donors (Lipinski definition) is 2. The molecule has 3 unspecified atom stereocenters. The van der Waals surface area contributed by atoms with Crippen LogP contribution in [0.15, 0.2) is 18.2 Å². The Bertz CT molecular complexity index is 483. The molecule has 0 radical (unpaired) electrons. The van der Waals surface area contributed by atoms with Gasteiger partial charge in [0.25, 0.3) is 0 Å². The molecular formula is C16H23NO3S. The van der Waals surface area contributed by atoms with E-state index in [1.54, 1.807) is 0 Å². The molecule has 21 heavy (non-hydrogen) atoms. The minimum Gasteiger partial charge on any atom is -0.454 e. The monoisotopic (exact) mass is 309 g/mol. The highest BCUT2D eigenvalue weighted by atomic mass is 32.2. The number of fused-ring (bicyclic) bond motifs is 1. The summed E-state index contributed by atoms with van der Waals surface area (Å²) in [5, 5.41) is 14.6. The summed E-state index contributed by atoms with van der Waals surface area (Å²) in [6.07, 6.45) is 3.21. The van der Waals surface area contributed by atoms with Crippen LogP contribution >= 0.6 is 11.8 Å². The molecule has 0 bridgehead atoms. The lowest BCUT2D eigenvalue weighted by Gasteiger charge is -2.17. The molecule has 0 spiro atoms. The van der Waals surface area contributed by atoms with Crippen LogP contribution in [0.5, 0.6) is 11.5 Å². The predicted molar refractivity (Wildman–Crippen MR) is 85.1 cm³/mol. The van der Waals surface area contributed by atoms with E-state index in [0.29, 0.717) is 12.6 Å². The van der Waals surface area contributed by atoms with Crippen molar-refractivity contribution in [1.82, 2.24) is 5.32 Å². The van der Waals surface area contributed by atoms with Crippen LogP contribution in [0.25, 0.3) is 0 Å². The second kappa shape index (κ2) is 6.90. The maximum atomic E-state index is 10.3. The molecule has 0 saturated heterocycles. The van der Waals surface area contributed by atoms with E-state index in [-0.39, 0.29) is 6.79 Å². The Morgan fingerprint density at radius 2 is 2.19 bits per heavy atom. The number of benzene rings is 1. The van der Waals surface area contributed by atoms with Crippen molar-refractivity contribution in [2.24, 2.45) is 0 Å². The molecule has 1 aliphatic heterocycles. The Kier molecular flexibility index (Phi) is 4.93. The van der Waals surface area contributed by atoms with Gasteiger partial charge in [0.05, 0.1) is 6.10 Å². The van der Waals surface area contributed by atoms with Crippen molar-refractivity contribution in [3.05, 3.63) is 23.8 Å². The van der Waals surface area contributed by atoms with Crippen LogP contribution in [0.2, 0.25) is 0 Å². The van der Waals surface area contributed by atoms with Crippen molar-refractivity contribution in [1.29, 1.82) is 0 Å². The number of ether oxygens (including phenoxy) is 2. The number of thioether (sulfide) groups is 1. The molecule has 3 rings (SSSR count). The number of rotatable bonds is 6. The van der Waals surface area contributed by atoms with Gasteiger partial charge in [-0.2, -0.15) is 11.8 Å². The summed E-state index contributed by atoms with van der Waals surface area (Å²) in [5.41, 5.74) is 0.879. The zero-order valence-corrected chi connectivity index (χ0v) is 13.2. The van der Waals surface area contributed by atoms with Gasteiger partial charge in [-0.25, -0.2) is 0 Å². The number of aliphatic hydroxyl groups is 1. The minimum atomic E-state index is -0.502. The SMILES string of the molecule is CCSC1CCC(NCC(O)c2ccc3c(c2)OCO3)C1. The third kappa shape index (κ3) is 3.65. The highest BCUT2D eigenvalue weighted by Gasteiger charge is 2.25. The van der Waals surface area contributed by atoms with Crippen LogP contribution < -0.4 is 14.8 Å². The van der Waals surface area contributed by atoms with E-state index in [9.17, 15) is 5.11 Å². The van der Waals surface area contributed by atoms with Gasteiger partial charge in [0.2, 0.25) is 6.79 Å². The molecule has 0 amide bonds. The lowest BCUT2D eigenvalue weighted by molar-refractivity contribution is 0.167. The summed E-state index contributed by atoms with van der Waals surface area (Å²) >= 11 is 2.05. The zero-order valence-electron chi connectivity index (χ0n) is 12.4. The standard InChI is InChI=1S/C16H23NO3S/c1-2-21-13-5-4-12(8-13)17-9-14(18)11-3-6-15-16(7-11)20-10-19-15/h3,6-7,12-14,17-18H,2,4-5,8-10H2,1H3. The van der Waals surface area contributed by atoms with Gasteiger partial charge in [0, 0.05) is 17.8 Å². The van der Waals surface area contributed by atoms with Crippen LogP contribution in [0, 0.1) is 0 Å². The number of hydrogen-bond acceptors (Lipinski definition) is 5. The first-order valence-electron chi connectivity index (χ1n) is 7.69. The molecule has 2 N–H and O–H groups in total. The summed E-state index contributed by atoms with van der Waals surface area (Å²) in [5.74, 6) is 2.68. The van der Waals surface area contributed by atoms with Crippen molar-refractivity contribution in [2.75, 3.05) is 19.1 Å². The van der Waals surface area contributed by atoms with Crippen LogP contribution in [0.3, 0.4) is 0 Å². The van der Waals surface area contributed by atoms with Gasteiger partial charge in [-0.15, -0.1) is 0 Å². The molecule has 1 heterocycles. The van der Waals surface area contributed by atoms with E-state index in [1.165, 1.54) is 25.0 Å². The lowest BCUT2D eigenvalue weighted by Crippen LogP contribution is -2.31. The lowest BCUT2D eigenvalue weighted by atomic mass is 10.1.